The first-order valence-electron chi connectivity index (χ1n) is 6.60. The number of nitrogens with one attached hydrogen (secondary N) is 1. The van der Waals surface area contributed by atoms with E-state index in [1.54, 1.807) is 0 Å². The van der Waals surface area contributed by atoms with Crippen LogP contribution in [-0.4, -0.2) is 17.5 Å². The van der Waals surface area contributed by atoms with Crippen LogP contribution in [0, 0.1) is 0 Å². The van der Waals surface area contributed by atoms with Crippen LogP contribution in [0.5, 0.6) is 0 Å². The van der Waals surface area contributed by atoms with E-state index in [1.165, 1.54) is 16.8 Å². The highest BCUT2D eigenvalue weighted by Gasteiger charge is 2.28. The van der Waals surface area contributed by atoms with Crippen LogP contribution in [0.4, 0.5) is 5.69 Å². The molecule has 0 radical (unpaired) electrons. The van der Waals surface area contributed by atoms with Gasteiger partial charge in [0.2, 0.25) is 0 Å². The molecule has 0 fully saturated rings. The van der Waals surface area contributed by atoms with Crippen molar-refractivity contribution in [2.45, 2.75) is 46.0 Å². The summed E-state index contributed by atoms with van der Waals surface area (Å²) < 4.78 is 0. The van der Waals surface area contributed by atoms with Crippen LogP contribution in [0.15, 0.2) is 17.3 Å². The van der Waals surface area contributed by atoms with E-state index in [4.69, 9.17) is 5.21 Å². The molecule has 1 aliphatic rings. The maximum Gasteiger partial charge on any atom is 0.0840 e. The average molecular weight is 246 g/mol. The van der Waals surface area contributed by atoms with Crippen molar-refractivity contribution in [3.05, 3.63) is 28.8 Å². The first-order chi connectivity index (χ1) is 8.49. The summed E-state index contributed by atoms with van der Waals surface area (Å²) in [6.45, 7) is 9.56. The molecule has 18 heavy (non-hydrogen) atoms. The molecule has 0 aromatic heterocycles. The van der Waals surface area contributed by atoms with Gasteiger partial charge in [0.1, 0.15) is 0 Å². The molecule has 3 nitrogen and oxygen atoms in total. The van der Waals surface area contributed by atoms with E-state index >= 15 is 0 Å². The number of rotatable bonds is 2. The SMILES string of the molecule is CCc1cc2c(cc1C(C)=NO)NCCC2(C)C. The summed E-state index contributed by atoms with van der Waals surface area (Å²) in [5.41, 5.74) is 5.75. The van der Waals surface area contributed by atoms with Gasteiger partial charge < -0.3 is 10.5 Å². The summed E-state index contributed by atoms with van der Waals surface area (Å²) >= 11 is 0. The normalized spacial score (nSPS) is 18.1. The first-order valence-corrected chi connectivity index (χ1v) is 6.60. The Kier molecular flexibility index (Phi) is 3.33. The number of hydrogen-bond acceptors (Lipinski definition) is 3. The van der Waals surface area contributed by atoms with E-state index < -0.39 is 0 Å². The molecule has 2 rings (SSSR count). The Bertz CT molecular complexity index is 490. The third kappa shape index (κ3) is 2.09. The Hall–Kier alpha value is -1.51. The Balaban J connectivity index is 2.61. The minimum absolute atomic E-state index is 0.216. The fourth-order valence-electron chi connectivity index (χ4n) is 2.68. The molecule has 0 saturated carbocycles. The monoisotopic (exact) mass is 246 g/mol. The average Bonchev–Trinajstić information content (AvgIpc) is 2.36. The molecule has 3 heteroatoms. The summed E-state index contributed by atoms with van der Waals surface area (Å²) in [5, 5.41) is 15.8. The van der Waals surface area contributed by atoms with Crippen LogP contribution in [0.1, 0.15) is 50.8 Å². The number of oxime groups is 1. The van der Waals surface area contributed by atoms with Gasteiger partial charge >= 0.3 is 0 Å². The third-order valence-electron chi connectivity index (χ3n) is 3.96. The maximum atomic E-state index is 8.98. The minimum atomic E-state index is 0.216. The fourth-order valence-corrected chi connectivity index (χ4v) is 2.68. The summed E-state index contributed by atoms with van der Waals surface area (Å²) in [7, 11) is 0. The number of hydrogen-bond donors (Lipinski definition) is 2. The number of aryl methyl sites for hydroxylation is 1. The van der Waals surface area contributed by atoms with Crippen LogP contribution >= 0.6 is 0 Å². The van der Waals surface area contributed by atoms with Crippen LogP contribution < -0.4 is 5.32 Å². The largest absolute Gasteiger partial charge is 0.411 e. The first kappa shape index (κ1) is 12.9. The van der Waals surface area contributed by atoms with E-state index in [2.05, 4.69) is 43.4 Å². The number of fused-ring (bicyclic) bond motifs is 1. The van der Waals surface area contributed by atoms with Gasteiger partial charge in [0.15, 0.2) is 0 Å². The van der Waals surface area contributed by atoms with Gasteiger partial charge in [-0.2, -0.15) is 0 Å². The van der Waals surface area contributed by atoms with Crippen LogP contribution in [-0.2, 0) is 11.8 Å². The lowest BCUT2D eigenvalue weighted by atomic mass is 9.76. The van der Waals surface area contributed by atoms with Gasteiger partial charge in [-0.1, -0.05) is 32.0 Å². The minimum Gasteiger partial charge on any atom is -0.411 e. The Morgan fingerprint density at radius 3 is 2.78 bits per heavy atom. The lowest BCUT2D eigenvalue weighted by Crippen LogP contribution is -2.29. The Morgan fingerprint density at radius 2 is 2.17 bits per heavy atom. The summed E-state index contributed by atoms with van der Waals surface area (Å²) in [6, 6.07) is 4.40. The van der Waals surface area contributed by atoms with Gasteiger partial charge in [0.05, 0.1) is 5.71 Å². The molecule has 1 aliphatic heterocycles. The molecule has 98 valence electrons. The van der Waals surface area contributed by atoms with Gasteiger partial charge in [0.25, 0.3) is 0 Å². The number of benzene rings is 1. The molecule has 0 bridgehead atoms. The van der Waals surface area contributed by atoms with Crippen molar-refractivity contribution in [3.63, 3.8) is 0 Å². The highest BCUT2D eigenvalue weighted by molar-refractivity contribution is 6.00. The standard InChI is InChI=1S/C15H22N2O/c1-5-11-8-13-14(9-12(11)10(2)17-18)16-7-6-15(13,3)4/h8-9,16,18H,5-7H2,1-4H3. The van der Waals surface area contributed by atoms with E-state index in [-0.39, 0.29) is 5.41 Å². The zero-order valence-corrected chi connectivity index (χ0v) is 11.7. The molecule has 1 aromatic carbocycles. The molecule has 0 saturated heterocycles. The zero-order chi connectivity index (χ0) is 13.3. The molecular formula is C15H22N2O. The molecule has 0 atom stereocenters. The van der Waals surface area contributed by atoms with Gasteiger partial charge in [-0.25, -0.2) is 0 Å². The van der Waals surface area contributed by atoms with Gasteiger partial charge in [-0.3, -0.25) is 0 Å². The second-order valence-electron chi connectivity index (χ2n) is 5.65. The summed E-state index contributed by atoms with van der Waals surface area (Å²) in [5.74, 6) is 0. The fraction of sp³-hybridized carbons (Fsp3) is 0.533. The topological polar surface area (TPSA) is 44.6 Å². The molecule has 0 aliphatic carbocycles. The second kappa shape index (κ2) is 4.63. The molecule has 1 heterocycles. The molecule has 1 aromatic rings. The summed E-state index contributed by atoms with van der Waals surface area (Å²) in [6.07, 6.45) is 2.10. The highest BCUT2D eigenvalue weighted by Crippen LogP contribution is 2.38. The Labute approximate surface area is 109 Å². The van der Waals surface area contributed by atoms with Crippen LogP contribution in [0.3, 0.4) is 0 Å². The molecular weight excluding hydrogens is 224 g/mol. The second-order valence-corrected chi connectivity index (χ2v) is 5.65. The van der Waals surface area contributed by atoms with Crippen molar-refractivity contribution < 1.29 is 5.21 Å². The van der Waals surface area contributed by atoms with Crippen molar-refractivity contribution in [2.75, 3.05) is 11.9 Å². The smallest absolute Gasteiger partial charge is 0.0840 e. The quantitative estimate of drug-likeness (QED) is 0.476. The number of nitrogens with zero attached hydrogens (tertiary/aromatic N) is 1. The zero-order valence-electron chi connectivity index (χ0n) is 11.7. The van der Waals surface area contributed by atoms with E-state index in [0.29, 0.717) is 5.71 Å². The Morgan fingerprint density at radius 1 is 1.44 bits per heavy atom. The van der Waals surface area contributed by atoms with Crippen LogP contribution in [0.2, 0.25) is 0 Å². The van der Waals surface area contributed by atoms with Crippen molar-refractivity contribution in [2.24, 2.45) is 5.16 Å². The lowest BCUT2D eigenvalue weighted by Gasteiger charge is -2.34. The van der Waals surface area contributed by atoms with Crippen LogP contribution in [0.25, 0.3) is 0 Å². The van der Waals surface area contributed by atoms with E-state index in [0.717, 1.165) is 24.9 Å². The third-order valence-corrected chi connectivity index (χ3v) is 3.96. The molecule has 2 N–H and O–H groups in total. The van der Waals surface area contributed by atoms with E-state index in [9.17, 15) is 0 Å². The van der Waals surface area contributed by atoms with Crippen molar-refractivity contribution >= 4 is 11.4 Å². The predicted octanol–water partition coefficient (Wildman–Crippen LogP) is 3.54. The van der Waals surface area contributed by atoms with E-state index in [1.807, 2.05) is 6.92 Å². The van der Waals surface area contributed by atoms with Crippen molar-refractivity contribution in [1.29, 1.82) is 0 Å². The molecule has 0 amide bonds. The van der Waals surface area contributed by atoms with Crippen molar-refractivity contribution in [3.8, 4) is 0 Å². The van der Waals surface area contributed by atoms with Gasteiger partial charge in [-0.15, -0.1) is 0 Å². The van der Waals surface area contributed by atoms with Crippen molar-refractivity contribution in [1.82, 2.24) is 0 Å². The number of anilines is 1. The maximum absolute atomic E-state index is 8.98. The molecule has 0 unspecified atom stereocenters. The highest BCUT2D eigenvalue weighted by atomic mass is 16.4. The molecule has 0 spiro atoms. The summed E-state index contributed by atoms with van der Waals surface area (Å²) in [4.78, 5) is 0. The lowest BCUT2D eigenvalue weighted by molar-refractivity contribution is 0.319. The predicted molar refractivity (Wildman–Crippen MR) is 76.0 cm³/mol. The van der Waals surface area contributed by atoms with Gasteiger partial charge in [-0.05, 0) is 42.4 Å². The van der Waals surface area contributed by atoms with Gasteiger partial charge in [0, 0.05) is 17.8 Å².